The summed E-state index contributed by atoms with van der Waals surface area (Å²) < 4.78 is 36.4. The maximum atomic E-state index is 11.8. The normalized spacial score (nSPS) is 11.6. The molecule has 1 aromatic rings. The number of hydrogen-bond donors (Lipinski definition) is 1. The second-order valence-corrected chi connectivity index (χ2v) is 2.61. The van der Waals surface area contributed by atoms with Crippen molar-refractivity contribution in [3.63, 3.8) is 0 Å². The van der Waals surface area contributed by atoms with Crippen LogP contribution in [-0.2, 0) is 6.54 Å². The lowest BCUT2D eigenvalue weighted by atomic mass is 10.4. The minimum absolute atomic E-state index is 0.380. The maximum Gasteiger partial charge on any atom is 0.390 e. The highest BCUT2D eigenvalue weighted by molar-refractivity contribution is 5.83. The standard InChI is InChI=1S/C7H7F3N2O2/c8-7(9,10)1-3-12-4-2-11-5(12)6(13)14/h2,4H,1,3H2,(H,13,14). The third-order valence-electron chi connectivity index (χ3n) is 1.54. The van der Waals surface area contributed by atoms with Gasteiger partial charge in [-0.25, -0.2) is 9.78 Å². The smallest absolute Gasteiger partial charge is 0.390 e. The van der Waals surface area contributed by atoms with Gasteiger partial charge in [0.2, 0.25) is 5.82 Å². The van der Waals surface area contributed by atoms with E-state index in [1.807, 2.05) is 0 Å². The van der Waals surface area contributed by atoms with Crippen molar-refractivity contribution in [1.29, 1.82) is 0 Å². The molecular formula is C7H7F3N2O2. The third-order valence-corrected chi connectivity index (χ3v) is 1.54. The first kappa shape index (κ1) is 10.6. The first-order chi connectivity index (χ1) is 6.40. The number of carboxylic acid groups (broad SMARTS) is 1. The lowest BCUT2D eigenvalue weighted by molar-refractivity contribution is -0.136. The van der Waals surface area contributed by atoms with Crippen LogP contribution in [0.3, 0.4) is 0 Å². The van der Waals surface area contributed by atoms with E-state index in [0.29, 0.717) is 0 Å². The maximum absolute atomic E-state index is 11.8. The average molecular weight is 208 g/mol. The lowest BCUT2D eigenvalue weighted by Gasteiger charge is -2.07. The van der Waals surface area contributed by atoms with Gasteiger partial charge in [-0.05, 0) is 0 Å². The number of nitrogens with zero attached hydrogens (tertiary/aromatic N) is 2. The molecule has 0 saturated carbocycles. The van der Waals surface area contributed by atoms with Gasteiger partial charge >= 0.3 is 12.1 Å². The molecule has 0 atom stereocenters. The van der Waals surface area contributed by atoms with E-state index in [1.165, 1.54) is 6.20 Å². The number of carboxylic acids is 1. The number of hydrogen-bond acceptors (Lipinski definition) is 2. The Kier molecular flexibility index (Phi) is 2.78. The van der Waals surface area contributed by atoms with E-state index in [4.69, 9.17) is 5.11 Å². The second-order valence-electron chi connectivity index (χ2n) is 2.61. The summed E-state index contributed by atoms with van der Waals surface area (Å²) in [7, 11) is 0. The summed E-state index contributed by atoms with van der Waals surface area (Å²) >= 11 is 0. The van der Waals surface area contributed by atoms with Crippen LogP contribution in [0.25, 0.3) is 0 Å². The van der Waals surface area contributed by atoms with E-state index in [0.717, 1.165) is 10.8 Å². The van der Waals surface area contributed by atoms with Gasteiger partial charge in [0.25, 0.3) is 0 Å². The molecule has 14 heavy (non-hydrogen) atoms. The van der Waals surface area contributed by atoms with Crippen molar-refractivity contribution < 1.29 is 23.1 Å². The van der Waals surface area contributed by atoms with Crippen molar-refractivity contribution in [3.05, 3.63) is 18.2 Å². The van der Waals surface area contributed by atoms with E-state index < -0.39 is 25.1 Å². The van der Waals surface area contributed by atoms with Gasteiger partial charge in [-0.3, -0.25) is 0 Å². The fraction of sp³-hybridized carbons (Fsp3) is 0.429. The van der Waals surface area contributed by atoms with Crippen molar-refractivity contribution in [1.82, 2.24) is 9.55 Å². The van der Waals surface area contributed by atoms with Crippen molar-refractivity contribution in [2.24, 2.45) is 0 Å². The third kappa shape index (κ3) is 2.75. The number of halogens is 3. The molecule has 0 unspecified atom stereocenters. The fourth-order valence-electron chi connectivity index (χ4n) is 0.935. The first-order valence-corrected chi connectivity index (χ1v) is 3.71. The summed E-state index contributed by atoms with van der Waals surface area (Å²) in [6, 6.07) is 0. The van der Waals surface area contributed by atoms with Crippen LogP contribution in [0.4, 0.5) is 13.2 Å². The largest absolute Gasteiger partial charge is 0.475 e. The number of alkyl halides is 3. The lowest BCUT2D eigenvalue weighted by Crippen LogP contribution is -2.15. The molecule has 0 radical (unpaired) electrons. The molecule has 0 saturated heterocycles. The summed E-state index contributed by atoms with van der Waals surface area (Å²) in [5.41, 5.74) is 0. The Bertz CT molecular complexity index is 332. The van der Waals surface area contributed by atoms with Gasteiger partial charge in [0.05, 0.1) is 6.42 Å². The Hall–Kier alpha value is -1.53. The van der Waals surface area contributed by atoms with Crippen LogP contribution in [0.1, 0.15) is 17.0 Å². The molecule has 4 nitrogen and oxygen atoms in total. The van der Waals surface area contributed by atoms with Crippen molar-refractivity contribution in [2.45, 2.75) is 19.1 Å². The number of aryl methyl sites for hydroxylation is 1. The highest BCUT2D eigenvalue weighted by atomic mass is 19.4. The van der Waals surface area contributed by atoms with Crippen LogP contribution in [0, 0.1) is 0 Å². The Labute approximate surface area is 77.0 Å². The number of aromatic carboxylic acids is 1. The van der Waals surface area contributed by atoms with Crippen LogP contribution in [-0.4, -0.2) is 26.8 Å². The van der Waals surface area contributed by atoms with Gasteiger partial charge in [-0.1, -0.05) is 0 Å². The molecular weight excluding hydrogens is 201 g/mol. The second kappa shape index (κ2) is 3.69. The predicted molar refractivity (Wildman–Crippen MR) is 39.9 cm³/mol. The SMILES string of the molecule is O=C(O)c1nccn1CCC(F)(F)F. The van der Waals surface area contributed by atoms with E-state index >= 15 is 0 Å². The minimum Gasteiger partial charge on any atom is -0.475 e. The number of rotatable bonds is 3. The Morgan fingerprint density at radius 1 is 1.57 bits per heavy atom. The highest BCUT2D eigenvalue weighted by Crippen LogP contribution is 2.20. The highest BCUT2D eigenvalue weighted by Gasteiger charge is 2.27. The molecule has 0 aliphatic heterocycles. The van der Waals surface area contributed by atoms with E-state index in [-0.39, 0.29) is 5.82 Å². The quantitative estimate of drug-likeness (QED) is 0.819. The van der Waals surface area contributed by atoms with Crippen LogP contribution in [0.2, 0.25) is 0 Å². The summed E-state index contributed by atoms with van der Waals surface area (Å²) in [4.78, 5) is 13.9. The molecule has 0 aromatic carbocycles. The summed E-state index contributed by atoms with van der Waals surface area (Å²) in [5.74, 6) is -1.72. The van der Waals surface area contributed by atoms with Crippen LogP contribution < -0.4 is 0 Å². The Morgan fingerprint density at radius 3 is 2.71 bits per heavy atom. The Morgan fingerprint density at radius 2 is 2.21 bits per heavy atom. The summed E-state index contributed by atoms with van der Waals surface area (Å²) in [6.45, 7) is -0.425. The average Bonchev–Trinajstić information content (AvgIpc) is 2.46. The summed E-state index contributed by atoms with van der Waals surface area (Å²) in [6.07, 6.45) is -3.00. The number of aromatic nitrogens is 2. The molecule has 1 N–H and O–H groups in total. The van der Waals surface area contributed by atoms with Gasteiger partial charge in [0, 0.05) is 18.9 Å². The van der Waals surface area contributed by atoms with Gasteiger partial charge in [0.15, 0.2) is 0 Å². The zero-order valence-electron chi connectivity index (χ0n) is 6.95. The number of imidazole rings is 1. The first-order valence-electron chi connectivity index (χ1n) is 3.71. The topological polar surface area (TPSA) is 55.1 Å². The van der Waals surface area contributed by atoms with E-state index in [9.17, 15) is 18.0 Å². The van der Waals surface area contributed by atoms with Gasteiger partial charge in [-0.15, -0.1) is 0 Å². The van der Waals surface area contributed by atoms with Gasteiger partial charge in [0.1, 0.15) is 0 Å². The molecule has 7 heteroatoms. The Balaban J connectivity index is 2.68. The summed E-state index contributed by atoms with van der Waals surface area (Å²) in [5, 5.41) is 8.52. The van der Waals surface area contributed by atoms with E-state index in [1.54, 1.807) is 0 Å². The number of carbonyl (C=O) groups is 1. The van der Waals surface area contributed by atoms with Crippen LogP contribution in [0.5, 0.6) is 0 Å². The molecule has 0 spiro atoms. The zero-order valence-corrected chi connectivity index (χ0v) is 6.95. The zero-order chi connectivity index (χ0) is 10.8. The van der Waals surface area contributed by atoms with Crippen molar-refractivity contribution in [2.75, 3.05) is 0 Å². The molecule has 0 aliphatic rings. The van der Waals surface area contributed by atoms with Crippen molar-refractivity contribution >= 4 is 5.97 Å². The molecule has 1 aromatic heterocycles. The monoisotopic (exact) mass is 208 g/mol. The minimum atomic E-state index is -4.29. The molecule has 78 valence electrons. The molecule has 0 bridgehead atoms. The molecule has 0 aliphatic carbocycles. The molecule has 1 heterocycles. The van der Waals surface area contributed by atoms with E-state index in [2.05, 4.69) is 4.98 Å². The van der Waals surface area contributed by atoms with Crippen LogP contribution in [0.15, 0.2) is 12.4 Å². The molecule has 1 rings (SSSR count). The van der Waals surface area contributed by atoms with Gasteiger partial charge in [-0.2, -0.15) is 13.2 Å². The van der Waals surface area contributed by atoms with Crippen molar-refractivity contribution in [3.8, 4) is 0 Å². The fourth-order valence-corrected chi connectivity index (χ4v) is 0.935. The predicted octanol–water partition coefficient (Wildman–Crippen LogP) is 1.53. The molecule has 0 amide bonds. The van der Waals surface area contributed by atoms with Gasteiger partial charge < -0.3 is 9.67 Å². The van der Waals surface area contributed by atoms with Crippen LogP contribution >= 0.6 is 0 Å². The molecule has 0 fully saturated rings.